The molecule has 232 valence electrons. The molecule has 0 N–H and O–H groups in total. The largest absolute Gasteiger partial charge is 0.497 e. The monoisotopic (exact) mass is 609 g/mol. The average Bonchev–Trinajstić information content (AvgIpc) is 3.00. The highest BCUT2D eigenvalue weighted by molar-refractivity contribution is 5.91. The van der Waals surface area contributed by atoms with Crippen LogP contribution in [0.25, 0.3) is 0 Å². The highest BCUT2D eigenvalue weighted by Crippen LogP contribution is 2.33. The van der Waals surface area contributed by atoms with Crippen LogP contribution in [0.2, 0.25) is 0 Å². The Bertz CT molecular complexity index is 1510. The first-order chi connectivity index (χ1) is 20.9. The summed E-state index contributed by atoms with van der Waals surface area (Å²) in [5, 5.41) is 0. The topological polar surface area (TPSA) is 79.4 Å². The van der Waals surface area contributed by atoms with Gasteiger partial charge < -0.3 is 19.3 Å². The molecule has 2 heterocycles. The summed E-state index contributed by atoms with van der Waals surface area (Å²) in [6, 6.07) is 19.3. The number of methoxy groups -OCH3 is 1. The summed E-state index contributed by atoms with van der Waals surface area (Å²) in [5.74, 6) is -0.494. The van der Waals surface area contributed by atoms with Crippen LogP contribution in [0.1, 0.15) is 34.7 Å². The SMILES string of the molecule is COc1ccc(C[C@H]2CN(C(=O)OCc3cc(C)cc(C(F)(F)F)c3)[C@H]3CN(Cc4ccccc4)C(=O)[C@H](C)N3C2=O)cc1. The van der Waals surface area contributed by atoms with Gasteiger partial charge in [0.05, 0.1) is 25.1 Å². The Labute approximate surface area is 253 Å². The van der Waals surface area contributed by atoms with Gasteiger partial charge in [0, 0.05) is 13.1 Å². The van der Waals surface area contributed by atoms with Gasteiger partial charge in [-0.2, -0.15) is 13.2 Å². The van der Waals surface area contributed by atoms with E-state index in [4.69, 9.17) is 9.47 Å². The summed E-state index contributed by atoms with van der Waals surface area (Å²) < 4.78 is 51.0. The average molecular weight is 610 g/mol. The molecule has 11 heteroatoms. The van der Waals surface area contributed by atoms with E-state index in [1.54, 1.807) is 38.0 Å². The highest BCUT2D eigenvalue weighted by Gasteiger charge is 2.50. The number of hydrogen-bond acceptors (Lipinski definition) is 5. The molecule has 0 unspecified atom stereocenters. The Hall–Kier alpha value is -4.54. The lowest BCUT2D eigenvalue weighted by Crippen LogP contribution is -2.72. The number of rotatable bonds is 7. The van der Waals surface area contributed by atoms with Gasteiger partial charge in [-0.1, -0.05) is 54.1 Å². The van der Waals surface area contributed by atoms with Crippen molar-refractivity contribution in [3.8, 4) is 5.75 Å². The highest BCUT2D eigenvalue weighted by atomic mass is 19.4. The van der Waals surface area contributed by atoms with E-state index in [2.05, 4.69) is 0 Å². The van der Waals surface area contributed by atoms with Gasteiger partial charge in [-0.3, -0.25) is 14.5 Å². The van der Waals surface area contributed by atoms with Crippen LogP contribution >= 0.6 is 0 Å². The van der Waals surface area contributed by atoms with Gasteiger partial charge in [0.1, 0.15) is 24.6 Å². The van der Waals surface area contributed by atoms with E-state index >= 15 is 0 Å². The summed E-state index contributed by atoms with van der Waals surface area (Å²) in [6.07, 6.45) is -5.82. The van der Waals surface area contributed by atoms with Gasteiger partial charge in [-0.25, -0.2) is 4.79 Å². The lowest BCUT2D eigenvalue weighted by molar-refractivity contribution is -0.172. The van der Waals surface area contributed by atoms with E-state index in [0.29, 0.717) is 24.3 Å². The quantitative estimate of drug-likeness (QED) is 0.358. The predicted molar refractivity (Wildman–Crippen MR) is 155 cm³/mol. The van der Waals surface area contributed by atoms with E-state index in [-0.39, 0.29) is 37.1 Å². The number of alkyl halides is 3. The number of halogens is 3. The fourth-order valence-electron chi connectivity index (χ4n) is 5.93. The normalized spacial score (nSPS) is 20.4. The predicted octanol–water partition coefficient (Wildman–Crippen LogP) is 5.42. The van der Waals surface area contributed by atoms with Crippen molar-refractivity contribution in [3.63, 3.8) is 0 Å². The van der Waals surface area contributed by atoms with Crippen LogP contribution in [0, 0.1) is 12.8 Å². The lowest BCUT2D eigenvalue weighted by Gasteiger charge is -2.53. The van der Waals surface area contributed by atoms with Gasteiger partial charge in [0.2, 0.25) is 11.8 Å². The molecule has 0 spiro atoms. The fourth-order valence-corrected chi connectivity index (χ4v) is 5.93. The van der Waals surface area contributed by atoms with Crippen molar-refractivity contribution < 1.29 is 37.0 Å². The van der Waals surface area contributed by atoms with Gasteiger partial charge >= 0.3 is 12.3 Å². The van der Waals surface area contributed by atoms with Gasteiger partial charge in [-0.15, -0.1) is 0 Å². The Morgan fingerprint density at radius 2 is 1.61 bits per heavy atom. The minimum atomic E-state index is -4.54. The second-order valence-electron chi connectivity index (χ2n) is 11.3. The molecule has 0 bridgehead atoms. The zero-order valence-electron chi connectivity index (χ0n) is 24.7. The second kappa shape index (κ2) is 12.6. The molecule has 0 radical (unpaired) electrons. The number of piperazine rings is 1. The van der Waals surface area contributed by atoms with Gasteiger partial charge in [0.15, 0.2) is 0 Å². The van der Waals surface area contributed by atoms with E-state index in [9.17, 15) is 27.6 Å². The summed E-state index contributed by atoms with van der Waals surface area (Å²) in [7, 11) is 1.56. The van der Waals surface area contributed by atoms with Crippen LogP contribution in [-0.4, -0.2) is 65.0 Å². The molecule has 0 aromatic heterocycles. The van der Waals surface area contributed by atoms with Crippen molar-refractivity contribution in [2.45, 2.75) is 51.8 Å². The molecule has 0 saturated carbocycles. The zero-order valence-corrected chi connectivity index (χ0v) is 24.7. The first-order valence-electron chi connectivity index (χ1n) is 14.3. The number of fused-ring (bicyclic) bond motifs is 1. The van der Waals surface area contributed by atoms with Crippen molar-refractivity contribution in [3.05, 3.63) is 101 Å². The fraction of sp³-hybridized carbons (Fsp3) is 0.364. The van der Waals surface area contributed by atoms with Crippen LogP contribution in [0.5, 0.6) is 5.75 Å². The van der Waals surface area contributed by atoms with Gasteiger partial charge in [0.25, 0.3) is 0 Å². The van der Waals surface area contributed by atoms with Crippen molar-refractivity contribution in [1.29, 1.82) is 0 Å². The molecule has 3 amide bonds. The number of carbonyl (C=O) groups is 3. The molecule has 2 aliphatic heterocycles. The van der Waals surface area contributed by atoms with Crippen LogP contribution in [-0.2, 0) is 40.1 Å². The first-order valence-corrected chi connectivity index (χ1v) is 14.3. The van der Waals surface area contributed by atoms with E-state index in [0.717, 1.165) is 23.3 Å². The smallest absolute Gasteiger partial charge is 0.416 e. The van der Waals surface area contributed by atoms with E-state index in [1.165, 1.54) is 15.9 Å². The minimum absolute atomic E-state index is 0.0204. The summed E-state index contributed by atoms with van der Waals surface area (Å²) in [4.78, 5) is 45.5. The van der Waals surface area contributed by atoms with Crippen LogP contribution < -0.4 is 4.74 Å². The molecule has 2 saturated heterocycles. The van der Waals surface area contributed by atoms with Crippen molar-refractivity contribution in [2.24, 2.45) is 5.92 Å². The van der Waals surface area contributed by atoms with Crippen LogP contribution in [0.4, 0.5) is 18.0 Å². The molecule has 3 aromatic carbocycles. The standard InChI is InChI=1S/C33H34F3N3O5/c1-21-13-25(16-27(14-21)33(34,35)36)20-44-32(42)38-18-26(15-23-9-11-28(43-3)12-10-23)31(41)39-22(2)30(40)37(19-29(38)39)17-24-7-5-4-6-8-24/h4-14,16,22,26,29H,15,17-20H2,1-3H3/t22-,26-,29+/m0/s1. The summed E-state index contributed by atoms with van der Waals surface area (Å²) in [6.45, 7) is 3.19. The van der Waals surface area contributed by atoms with Crippen molar-refractivity contribution >= 4 is 17.9 Å². The molecular weight excluding hydrogens is 575 g/mol. The third-order valence-electron chi connectivity index (χ3n) is 8.09. The Morgan fingerprint density at radius 3 is 2.27 bits per heavy atom. The van der Waals surface area contributed by atoms with Crippen molar-refractivity contribution in [1.82, 2.24) is 14.7 Å². The van der Waals surface area contributed by atoms with Crippen molar-refractivity contribution in [2.75, 3.05) is 20.2 Å². The number of hydrogen-bond donors (Lipinski definition) is 0. The number of ether oxygens (including phenoxy) is 2. The third kappa shape index (κ3) is 6.66. The zero-order chi connectivity index (χ0) is 31.6. The maximum Gasteiger partial charge on any atom is 0.416 e. The van der Waals surface area contributed by atoms with Gasteiger partial charge in [-0.05, 0) is 61.2 Å². The maximum atomic E-state index is 13.9. The number of amides is 3. The van der Waals surface area contributed by atoms with Crippen LogP contribution in [0.15, 0.2) is 72.8 Å². The third-order valence-corrected chi connectivity index (χ3v) is 8.09. The number of carbonyl (C=O) groups excluding carboxylic acids is 3. The Balaban J connectivity index is 1.41. The number of benzene rings is 3. The molecule has 2 aliphatic rings. The number of nitrogens with zero attached hydrogens (tertiary/aromatic N) is 3. The molecule has 8 nitrogen and oxygen atoms in total. The second-order valence-corrected chi connectivity index (χ2v) is 11.3. The van der Waals surface area contributed by atoms with Crippen LogP contribution in [0.3, 0.4) is 0 Å². The van der Waals surface area contributed by atoms with E-state index < -0.39 is 36.0 Å². The molecule has 3 aromatic rings. The minimum Gasteiger partial charge on any atom is -0.497 e. The summed E-state index contributed by atoms with van der Waals surface area (Å²) in [5.41, 5.74) is 1.50. The molecule has 5 rings (SSSR count). The van der Waals surface area contributed by atoms with E-state index in [1.807, 2.05) is 42.5 Å². The lowest BCUT2D eigenvalue weighted by atomic mass is 9.92. The molecule has 44 heavy (non-hydrogen) atoms. The first kappa shape index (κ1) is 30.9. The number of aryl methyl sites for hydroxylation is 1. The summed E-state index contributed by atoms with van der Waals surface area (Å²) >= 11 is 0. The molecular formula is C33H34F3N3O5. The Morgan fingerprint density at radius 1 is 0.909 bits per heavy atom. The molecule has 0 aliphatic carbocycles. The molecule has 3 atom stereocenters. The molecule has 2 fully saturated rings. The maximum absolute atomic E-state index is 13.9. The Kier molecular flexibility index (Phi) is 8.85.